The first-order valence-electron chi connectivity index (χ1n) is 10.5. The van der Waals surface area contributed by atoms with E-state index in [0.717, 1.165) is 11.1 Å². The molecule has 0 aliphatic rings. The molecule has 2 aromatic carbocycles. The quantitative estimate of drug-likeness (QED) is 0.424. The first-order chi connectivity index (χ1) is 15.3. The fraction of sp³-hybridized carbons (Fsp3) is 0.375. The van der Waals surface area contributed by atoms with Crippen molar-refractivity contribution in [2.24, 2.45) is 5.92 Å². The Balaban J connectivity index is 2.07. The fourth-order valence-electron chi connectivity index (χ4n) is 3.15. The van der Waals surface area contributed by atoms with Crippen LogP contribution in [0.3, 0.4) is 0 Å². The molecule has 0 aliphatic carbocycles. The molecule has 0 heterocycles. The summed E-state index contributed by atoms with van der Waals surface area (Å²) in [7, 11) is 0. The molecule has 8 nitrogen and oxygen atoms in total. The number of ether oxygens (including phenoxy) is 1. The maximum Gasteiger partial charge on any atom is 0.408 e. The van der Waals surface area contributed by atoms with Gasteiger partial charge in [0.2, 0.25) is 5.91 Å². The van der Waals surface area contributed by atoms with Crippen LogP contribution in [0, 0.1) is 5.92 Å². The molecule has 0 saturated heterocycles. The Hall–Kier alpha value is -3.39. The van der Waals surface area contributed by atoms with Gasteiger partial charge in [-0.3, -0.25) is 4.79 Å². The van der Waals surface area contributed by atoms with Crippen LogP contribution in [0.25, 0.3) is 0 Å². The minimum Gasteiger partial charge on any atom is -0.479 e. The number of nitrogens with one attached hydrogen (secondary N) is 2. The number of carbonyl (C=O) groups excluding carboxylic acids is 2. The van der Waals surface area contributed by atoms with Crippen molar-refractivity contribution in [2.45, 2.75) is 51.5 Å². The lowest BCUT2D eigenvalue weighted by atomic mass is 9.96. The highest BCUT2D eigenvalue weighted by molar-refractivity contribution is 5.87. The van der Waals surface area contributed by atoms with Gasteiger partial charge in [-0.1, -0.05) is 80.9 Å². The molecule has 32 heavy (non-hydrogen) atoms. The van der Waals surface area contributed by atoms with Crippen LogP contribution in [-0.2, 0) is 27.4 Å². The molecule has 0 radical (unpaired) electrons. The van der Waals surface area contributed by atoms with E-state index in [4.69, 9.17) is 4.74 Å². The second-order valence-electron chi connectivity index (χ2n) is 7.66. The molecule has 8 heteroatoms. The van der Waals surface area contributed by atoms with Crippen LogP contribution < -0.4 is 10.6 Å². The number of carboxylic acids is 1. The molecule has 2 rings (SSSR count). The zero-order chi connectivity index (χ0) is 23.5. The summed E-state index contributed by atoms with van der Waals surface area (Å²) in [5.74, 6) is -2.28. The van der Waals surface area contributed by atoms with Gasteiger partial charge in [-0.15, -0.1) is 0 Å². The average molecular weight is 443 g/mol. The number of carboxylic acid groups (broad SMARTS) is 1. The molecule has 4 N–H and O–H groups in total. The maximum atomic E-state index is 13.0. The number of alkyl carbamates (subject to hydrolysis) is 1. The predicted molar refractivity (Wildman–Crippen MR) is 119 cm³/mol. The zero-order valence-corrected chi connectivity index (χ0v) is 18.2. The Morgan fingerprint density at radius 3 is 2.03 bits per heavy atom. The van der Waals surface area contributed by atoms with Crippen molar-refractivity contribution in [3.8, 4) is 0 Å². The topological polar surface area (TPSA) is 125 Å². The van der Waals surface area contributed by atoms with Crippen molar-refractivity contribution in [1.82, 2.24) is 10.6 Å². The van der Waals surface area contributed by atoms with Gasteiger partial charge in [-0.05, 0) is 23.5 Å². The van der Waals surface area contributed by atoms with Crippen molar-refractivity contribution < 1.29 is 29.3 Å². The van der Waals surface area contributed by atoms with Gasteiger partial charge in [0.15, 0.2) is 6.10 Å². The van der Waals surface area contributed by atoms with Crippen molar-refractivity contribution in [2.75, 3.05) is 0 Å². The van der Waals surface area contributed by atoms with Crippen LogP contribution in [-0.4, -0.2) is 46.4 Å². The molecule has 0 bridgehead atoms. The molecule has 0 unspecified atom stereocenters. The third-order valence-corrected chi connectivity index (χ3v) is 5.24. The summed E-state index contributed by atoms with van der Waals surface area (Å²) in [6.07, 6.45) is -1.86. The van der Waals surface area contributed by atoms with Gasteiger partial charge in [0.05, 0.1) is 6.04 Å². The van der Waals surface area contributed by atoms with Gasteiger partial charge in [-0.25, -0.2) is 9.59 Å². The summed E-state index contributed by atoms with van der Waals surface area (Å²) in [6.45, 7) is 3.72. The van der Waals surface area contributed by atoms with E-state index in [-0.39, 0.29) is 18.9 Å². The second kappa shape index (κ2) is 12.5. The maximum absolute atomic E-state index is 13.0. The highest BCUT2D eigenvalue weighted by Gasteiger charge is 2.32. The summed E-state index contributed by atoms with van der Waals surface area (Å²) < 4.78 is 5.22. The highest BCUT2D eigenvalue weighted by Crippen LogP contribution is 2.12. The van der Waals surface area contributed by atoms with Gasteiger partial charge < -0.3 is 25.6 Å². The van der Waals surface area contributed by atoms with E-state index < -0.39 is 36.2 Å². The summed E-state index contributed by atoms with van der Waals surface area (Å²) in [6, 6.07) is 16.0. The lowest BCUT2D eigenvalue weighted by Crippen LogP contribution is -2.56. The monoisotopic (exact) mass is 442 g/mol. The van der Waals surface area contributed by atoms with Gasteiger partial charge in [0, 0.05) is 0 Å². The Morgan fingerprint density at radius 2 is 1.50 bits per heavy atom. The van der Waals surface area contributed by atoms with Crippen molar-refractivity contribution >= 4 is 18.0 Å². The number of aliphatic hydroxyl groups excluding tert-OH is 1. The van der Waals surface area contributed by atoms with Crippen molar-refractivity contribution in [1.29, 1.82) is 0 Å². The van der Waals surface area contributed by atoms with E-state index in [2.05, 4.69) is 10.6 Å². The van der Waals surface area contributed by atoms with Crippen LogP contribution in [0.15, 0.2) is 60.7 Å². The molecule has 0 aromatic heterocycles. The number of benzene rings is 2. The van der Waals surface area contributed by atoms with Crippen molar-refractivity contribution in [3.63, 3.8) is 0 Å². The summed E-state index contributed by atoms with van der Waals surface area (Å²) >= 11 is 0. The molecular weight excluding hydrogens is 412 g/mol. The van der Waals surface area contributed by atoms with E-state index >= 15 is 0 Å². The van der Waals surface area contributed by atoms with Crippen LogP contribution in [0.1, 0.15) is 31.4 Å². The van der Waals surface area contributed by atoms with E-state index in [9.17, 15) is 24.6 Å². The normalized spacial score (nSPS) is 14.5. The first-order valence-corrected chi connectivity index (χ1v) is 10.5. The molecule has 2 amide bonds. The van der Waals surface area contributed by atoms with Gasteiger partial charge in [0.1, 0.15) is 12.6 Å². The molecule has 0 saturated carbocycles. The third kappa shape index (κ3) is 7.70. The minimum absolute atomic E-state index is 0.0515. The lowest BCUT2D eigenvalue weighted by Gasteiger charge is -2.27. The predicted octanol–water partition coefficient (Wildman–Crippen LogP) is 2.50. The summed E-state index contributed by atoms with van der Waals surface area (Å²) in [5, 5.41) is 24.6. The van der Waals surface area contributed by atoms with Gasteiger partial charge >= 0.3 is 12.1 Å². The Labute approximate surface area is 187 Å². The van der Waals surface area contributed by atoms with Gasteiger partial charge in [-0.2, -0.15) is 0 Å². The number of amides is 2. The summed E-state index contributed by atoms with van der Waals surface area (Å²) in [5.41, 5.74) is 1.56. The van der Waals surface area contributed by atoms with Crippen molar-refractivity contribution in [3.05, 3.63) is 71.8 Å². The van der Waals surface area contributed by atoms with E-state index in [1.54, 1.807) is 31.2 Å². The van der Waals surface area contributed by atoms with E-state index in [0.29, 0.717) is 6.42 Å². The van der Waals surface area contributed by atoms with Gasteiger partial charge in [0.25, 0.3) is 0 Å². The number of hydrogen-bond donors (Lipinski definition) is 4. The lowest BCUT2D eigenvalue weighted by molar-refractivity contribution is -0.148. The molecule has 0 aliphatic heterocycles. The van der Waals surface area contributed by atoms with Crippen LogP contribution in [0.2, 0.25) is 0 Å². The Kier molecular flexibility index (Phi) is 9.69. The summed E-state index contributed by atoms with van der Waals surface area (Å²) in [4.78, 5) is 36.7. The third-order valence-electron chi connectivity index (χ3n) is 5.24. The SMILES string of the molecule is CC[C@H](C)[C@H](NC(=O)OCc1ccccc1)C(=O)N[C@@H](Cc1ccccc1)[C@@H](O)C(=O)O. The number of rotatable bonds is 11. The second-order valence-corrected chi connectivity index (χ2v) is 7.66. The number of aliphatic carboxylic acids is 1. The van der Waals surface area contributed by atoms with E-state index in [1.165, 1.54) is 0 Å². The number of hydrogen-bond acceptors (Lipinski definition) is 5. The molecule has 2 aromatic rings. The smallest absolute Gasteiger partial charge is 0.408 e. The molecule has 0 spiro atoms. The largest absolute Gasteiger partial charge is 0.479 e. The standard InChI is InChI=1S/C24H30N2O6/c1-3-16(2)20(26-24(31)32-15-18-12-8-5-9-13-18)22(28)25-19(21(27)23(29)30)14-17-10-6-4-7-11-17/h4-13,16,19-21,27H,3,14-15H2,1-2H3,(H,25,28)(H,26,31)(H,29,30)/t16-,19-,20-,21+/m0/s1. The van der Waals surface area contributed by atoms with Crippen LogP contribution >= 0.6 is 0 Å². The fourth-order valence-corrected chi connectivity index (χ4v) is 3.15. The highest BCUT2D eigenvalue weighted by atomic mass is 16.5. The molecular formula is C24H30N2O6. The number of carbonyl (C=O) groups is 3. The molecule has 0 fully saturated rings. The van der Waals surface area contributed by atoms with Crippen LogP contribution in [0.4, 0.5) is 4.79 Å². The molecule has 4 atom stereocenters. The average Bonchev–Trinajstić information content (AvgIpc) is 2.81. The minimum atomic E-state index is -1.80. The zero-order valence-electron chi connectivity index (χ0n) is 18.2. The molecule has 172 valence electrons. The Morgan fingerprint density at radius 1 is 0.938 bits per heavy atom. The Bertz CT molecular complexity index is 875. The first kappa shape index (κ1) is 24.9. The number of aliphatic hydroxyl groups is 1. The van der Waals surface area contributed by atoms with E-state index in [1.807, 2.05) is 43.3 Å². The van der Waals surface area contributed by atoms with Crippen LogP contribution in [0.5, 0.6) is 0 Å².